The van der Waals surface area contributed by atoms with E-state index in [1.54, 1.807) is 13.8 Å². The van der Waals surface area contributed by atoms with Crippen LogP contribution in [0.15, 0.2) is 24.3 Å². The van der Waals surface area contributed by atoms with Gasteiger partial charge in [0.2, 0.25) is 0 Å². The number of hydrogen-bond acceptors (Lipinski definition) is 3. The molecule has 0 unspecified atom stereocenters. The second-order valence-electron chi connectivity index (χ2n) is 3.43. The molecule has 0 heterocycles. The molecular weight excluding hydrogens is 166 g/mol. The van der Waals surface area contributed by atoms with Crippen molar-refractivity contribution in [3.63, 3.8) is 0 Å². The Kier molecular flexibility index (Phi) is 2.90. The SMILES string of the molecule is CNc1ccc(C(C)(C)OO)cc1. The second kappa shape index (κ2) is 3.77. The number of benzene rings is 1. The van der Waals surface area contributed by atoms with Gasteiger partial charge in [0.05, 0.1) is 0 Å². The van der Waals surface area contributed by atoms with E-state index in [1.807, 2.05) is 31.3 Å². The Morgan fingerprint density at radius 2 is 1.77 bits per heavy atom. The van der Waals surface area contributed by atoms with Crippen molar-refractivity contribution in [2.75, 3.05) is 12.4 Å². The van der Waals surface area contributed by atoms with Crippen LogP contribution in [-0.4, -0.2) is 12.3 Å². The van der Waals surface area contributed by atoms with Crippen molar-refractivity contribution >= 4 is 5.69 Å². The summed E-state index contributed by atoms with van der Waals surface area (Å²) in [6.45, 7) is 3.61. The van der Waals surface area contributed by atoms with E-state index in [4.69, 9.17) is 5.26 Å². The van der Waals surface area contributed by atoms with Crippen molar-refractivity contribution in [2.24, 2.45) is 0 Å². The highest BCUT2D eigenvalue weighted by Gasteiger charge is 2.20. The van der Waals surface area contributed by atoms with Crippen molar-refractivity contribution in [1.82, 2.24) is 0 Å². The minimum absolute atomic E-state index is 0.647. The highest BCUT2D eigenvalue weighted by Crippen LogP contribution is 2.24. The minimum Gasteiger partial charge on any atom is -0.388 e. The molecule has 0 bridgehead atoms. The smallest absolute Gasteiger partial charge is 0.123 e. The summed E-state index contributed by atoms with van der Waals surface area (Å²) in [6.07, 6.45) is 0. The van der Waals surface area contributed by atoms with Gasteiger partial charge in [-0.3, -0.25) is 5.26 Å². The Balaban J connectivity index is 2.92. The summed E-state index contributed by atoms with van der Waals surface area (Å²) >= 11 is 0. The average Bonchev–Trinajstić information content (AvgIpc) is 2.18. The maximum Gasteiger partial charge on any atom is 0.123 e. The third-order valence-electron chi connectivity index (χ3n) is 2.10. The highest BCUT2D eigenvalue weighted by molar-refractivity contribution is 5.44. The Labute approximate surface area is 78.3 Å². The van der Waals surface area contributed by atoms with Crippen LogP contribution in [0.2, 0.25) is 0 Å². The Morgan fingerprint density at radius 1 is 1.23 bits per heavy atom. The van der Waals surface area contributed by atoms with Gasteiger partial charge in [0.25, 0.3) is 0 Å². The third-order valence-corrected chi connectivity index (χ3v) is 2.10. The van der Waals surface area contributed by atoms with Crippen LogP contribution in [-0.2, 0) is 10.5 Å². The first kappa shape index (κ1) is 10.0. The number of anilines is 1. The van der Waals surface area contributed by atoms with E-state index >= 15 is 0 Å². The van der Waals surface area contributed by atoms with Crippen LogP contribution in [0.1, 0.15) is 19.4 Å². The summed E-state index contributed by atoms with van der Waals surface area (Å²) in [4.78, 5) is 4.38. The van der Waals surface area contributed by atoms with Gasteiger partial charge in [-0.15, -0.1) is 0 Å². The lowest BCUT2D eigenvalue weighted by Crippen LogP contribution is -2.19. The third kappa shape index (κ3) is 2.20. The molecule has 0 aliphatic heterocycles. The van der Waals surface area contributed by atoms with Crippen molar-refractivity contribution < 1.29 is 10.1 Å². The van der Waals surface area contributed by atoms with Crippen molar-refractivity contribution in [3.05, 3.63) is 29.8 Å². The van der Waals surface area contributed by atoms with Crippen LogP contribution >= 0.6 is 0 Å². The molecule has 2 N–H and O–H groups in total. The molecule has 0 aliphatic rings. The molecule has 0 saturated heterocycles. The lowest BCUT2D eigenvalue weighted by Gasteiger charge is -2.20. The normalized spacial score (nSPS) is 11.4. The molecule has 1 aromatic rings. The molecule has 0 aliphatic carbocycles. The van der Waals surface area contributed by atoms with Gasteiger partial charge in [-0.2, -0.15) is 0 Å². The molecule has 0 amide bonds. The Hall–Kier alpha value is -1.06. The average molecular weight is 181 g/mol. The highest BCUT2D eigenvalue weighted by atomic mass is 17.1. The lowest BCUT2D eigenvalue weighted by atomic mass is 9.98. The van der Waals surface area contributed by atoms with E-state index in [1.165, 1.54) is 0 Å². The largest absolute Gasteiger partial charge is 0.388 e. The van der Waals surface area contributed by atoms with E-state index in [0.717, 1.165) is 11.3 Å². The van der Waals surface area contributed by atoms with Crippen LogP contribution in [0.5, 0.6) is 0 Å². The molecule has 72 valence electrons. The maximum absolute atomic E-state index is 8.66. The first-order valence-electron chi connectivity index (χ1n) is 4.21. The fourth-order valence-electron chi connectivity index (χ4n) is 1.09. The van der Waals surface area contributed by atoms with E-state index in [2.05, 4.69) is 10.2 Å². The van der Waals surface area contributed by atoms with Gasteiger partial charge in [0, 0.05) is 12.7 Å². The van der Waals surface area contributed by atoms with Gasteiger partial charge >= 0.3 is 0 Å². The maximum atomic E-state index is 8.66. The quantitative estimate of drug-likeness (QED) is 0.556. The molecule has 1 rings (SSSR count). The number of hydrogen-bond donors (Lipinski definition) is 2. The molecule has 1 aromatic carbocycles. The topological polar surface area (TPSA) is 41.5 Å². The fourth-order valence-corrected chi connectivity index (χ4v) is 1.09. The molecule has 3 heteroatoms. The zero-order chi connectivity index (χ0) is 9.90. The Morgan fingerprint density at radius 3 is 2.15 bits per heavy atom. The van der Waals surface area contributed by atoms with Gasteiger partial charge in [-0.1, -0.05) is 12.1 Å². The molecule has 0 aromatic heterocycles. The van der Waals surface area contributed by atoms with E-state index in [-0.39, 0.29) is 0 Å². The zero-order valence-corrected chi connectivity index (χ0v) is 8.16. The van der Waals surface area contributed by atoms with Gasteiger partial charge < -0.3 is 5.32 Å². The summed E-state index contributed by atoms with van der Waals surface area (Å²) in [5, 5.41) is 11.7. The molecule has 0 fully saturated rings. The first-order chi connectivity index (χ1) is 6.10. The predicted molar refractivity (Wildman–Crippen MR) is 52.7 cm³/mol. The second-order valence-corrected chi connectivity index (χ2v) is 3.43. The lowest BCUT2D eigenvalue weighted by molar-refractivity contribution is -0.318. The Bertz CT molecular complexity index is 267. The molecule has 0 radical (unpaired) electrons. The summed E-state index contributed by atoms with van der Waals surface area (Å²) in [7, 11) is 1.86. The molecule has 13 heavy (non-hydrogen) atoms. The molecular formula is C10H15NO2. The van der Waals surface area contributed by atoms with Crippen LogP contribution < -0.4 is 5.32 Å². The monoisotopic (exact) mass is 181 g/mol. The van der Waals surface area contributed by atoms with Gasteiger partial charge in [-0.25, -0.2) is 4.89 Å². The summed E-state index contributed by atoms with van der Waals surface area (Å²) < 4.78 is 0. The molecule has 3 nitrogen and oxygen atoms in total. The molecule has 0 saturated carbocycles. The van der Waals surface area contributed by atoms with Gasteiger partial charge in [0.15, 0.2) is 0 Å². The standard InChI is InChI=1S/C10H15NO2/c1-10(2,13-12)8-4-6-9(11-3)7-5-8/h4-7,11-12H,1-3H3. The van der Waals surface area contributed by atoms with Crippen molar-refractivity contribution in [2.45, 2.75) is 19.4 Å². The van der Waals surface area contributed by atoms with Crippen LogP contribution in [0.4, 0.5) is 5.69 Å². The van der Waals surface area contributed by atoms with Crippen LogP contribution in [0.3, 0.4) is 0 Å². The summed E-state index contributed by atoms with van der Waals surface area (Å²) in [5.74, 6) is 0. The van der Waals surface area contributed by atoms with Crippen molar-refractivity contribution in [1.29, 1.82) is 0 Å². The molecule has 0 spiro atoms. The fraction of sp³-hybridized carbons (Fsp3) is 0.400. The van der Waals surface area contributed by atoms with Gasteiger partial charge in [0.1, 0.15) is 5.60 Å². The number of nitrogens with one attached hydrogen (secondary N) is 1. The van der Waals surface area contributed by atoms with E-state index < -0.39 is 5.60 Å². The minimum atomic E-state index is -0.647. The van der Waals surface area contributed by atoms with Crippen LogP contribution in [0, 0.1) is 0 Å². The molecule has 0 atom stereocenters. The van der Waals surface area contributed by atoms with Crippen LogP contribution in [0.25, 0.3) is 0 Å². The van der Waals surface area contributed by atoms with E-state index in [0.29, 0.717) is 0 Å². The summed E-state index contributed by atoms with van der Waals surface area (Å²) in [5.41, 5.74) is 1.33. The van der Waals surface area contributed by atoms with Gasteiger partial charge in [-0.05, 0) is 31.5 Å². The summed E-state index contributed by atoms with van der Waals surface area (Å²) in [6, 6.07) is 7.72. The first-order valence-corrected chi connectivity index (χ1v) is 4.21. The van der Waals surface area contributed by atoms with E-state index in [9.17, 15) is 0 Å². The zero-order valence-electron chi connectivity index (χ0n) is 8.16. The van der Waals surface area contributed by atoms with Crippen molar-refractivity contribution in [3.8, 4) is 0 Å². The number of rotatable bonds is 3. The predicted octanol–water partition coefficient (Wildman–Crippen LogP) is 2.45.